The molecule has 3 aliphatic rings. The van der Waals surface area contributed by atoms with Crippen LogP contribution in [0.5, 0.6) is 0 Å². The average Bonchev–Trinajstić information content (AvgIpc) is 3.09. The van der Waals surface area contributed by atoms with Crippen LogP contribution in [0.15, 0.2) is 10.6 Å². The SMILES string of the molecule is O=C1N2C[C@@H](CC[C@H]2c2cc(CCNC3CNC3)on2)N1OS(=O)(=O)[O-].[H+]. The van der Waals surface area contributed by atoms with E-state index in [0.717, 1.165) is 25.4 Å². The predicted octanol–water partition coefficient (Wildman–Crippen LogP) is -0.776. The standard InChI is InChI=1S/C14H21N5O6S/c20-14-18-8-10(19(14)25-26(21,22)23)1-2-13(18)12-5-11(24-17-12)3-4-16-9-6-15-7-9/h5,9-10,13,15-16H,1-4,6-8H2,(H,21,22,23)/t10-,13+/m1/s1. The number of aromatic nitrogens is 1. The van der Waals surface area contributed by atoms with Crippen molar-refractivity contribution < 1.29 is 28.0 Å². The molecule has 0 radical (unpaired) electrons. The molecule has 0 unspecified atom stereocenters. The second kappa shape index (κ2) is 6.78. The van der Waals surface area contributed by atoms with Crippen molar-refractivity contribution in [2.24, 2.45) is 0 Å². The maximum Gasteiger partial charge on any atom is 1.00 e. The lowest BCUT2D eigenvalue weighted by Gasteiger charge is -2.28. The van der Waals surface area contributed by atoms with Crippen molar-refractivity contribution in [1.82, 2.24) is 25.8 Å². The summed E-state index contributed by atoms with van der Waals surface area (Å²) in [6.07, 6.45) is 1.80. The molecule has 2 atom stereocenters. The maximum absolute atomic E-state index is 12.4. The van der Waals surface area contributed by atoms with E-state index < -0.39 is 22.5 Å². The van der Waals surface area contributed by atoms with Gasteiger partial charge in [0.05, 0.1) is 12.1 Å². The summed E-state index contributed by atoms with van der Waals surface area (Å²) >= 11 is 0. The molecule has 2 N–H and O–H groups in total. The van der Waals surface area contributed by atoms with Crippen LogP contribution in [0.2, 0.25) is 0 Å². The number of piperidine rings is 1. The van der Waals surface area contributed by atoms with Crippen LogP contribution in [0, 0.1) is 0 Å². The number of urea groups is 1. The molecular formula is C14H21N5O6S. The topological polar surface area (TPSA) is 140 Å². The van der Waals surface area contributed by atoms with Crippen LogP contribution in [0.3, 0.4) is 0 Å². The average molecular weight is 387 g/mol. The largest absolute Gasteiger partial charge is 1.00 e. The van der Waals surface area contributed by atoms with Gasteiger partial charge in [-0.25, -0.2) is 13.2 Å². The van der Waals surface area contributed by atoms with E-state index in [1.807, 2.05) is 6.07 Å². The fourth-order valence-electron chi connectivity index (χ4n) is 3.57. The molecule has 11 nitrogen and oxygen atoms in total. The van der Waals surface area contributed by atoms with E-state index in [1.165, 1.54) is 4.90 Å². The number of hydroxylamine groups is 2. The Morgan fingerprint density at radius 1 is 1.46 bits per heavy atom. The zero-order chi connectivity index (χ0) is 18.3. The summed E-state index contributed by atoms with van der Waals surface area (Å²) in [5.74, 6) is 0.726. The zero-order valence-corrected chi connectivity index (χ0v) is 14.8. The minimum atomic E-state index is -4.99. The van der Waals surface area contributed by atoms with E-state index in [9.17, 15) is 17.8 Å². The van der Waals surface area contributed by atoms with E-state index in [0.29, 0.717) is 36.1 Å². The molecule has 3 aliphatic heterocycles. The van der Waals surface area contributed by atoms with Crippen molar-refractivity contribution in [1.29, 1.82) is 0 Å². The van der Waals surface area contributed by atoms with Crippen LogP contribution in [-0.2, 0) is 21.1 Å². The second-order valence-corrected chi connectivity index (χ2v) is 7.73. The third-order valence-electron chi connectivity index (χ3n) is 5.00. The van der Waals surface area contributed by atoms with Crippen molar-refractivity contribution in [2.45, 2.75) is 37.4 Å². The Morgan fingerprint density at radius 2 is 2.27 bits per heavy atom. The molecule has 3 fully saturated rings. The predicted molar refractivity (Wildman–Crippen MR) is 86.5 cm³/mol. The summed E-state index contributed by atoms with van der Waals surface area (Å²) in [6, 6.07) is 0.920. The Hall–Kier alpha value is -1.73. The molecule has 2 amide bonds. The van der Waals surface area contributed by atoms with Gasteiger partial charge in [0, 0.05) is 44.7 Å². The molecule has 26 heavy (non-hydrogen) atoms. The first kappa shape index (κ1) is 17.7. The van der Waals surface area contributed by atoms with Gasteiger partial charge in [0.25, 0.3) is 0 Å². The molecule has 2 bridgehead atoms. The minimum absolute atomic E-state index is 0. The van der Waals surface area contributed by atoms with Gasteiger partial charge in [-0.3, -0.25) is 0 Å². The molecule has 1 aromatic heterocycles. The molecule has 12 heteroatoms. The van der Waals surface area contributed by atoms with E-state index in [1.54, 1.807) is 0 Å². The van der Waals surface area contributed by atoms with Gasteiger partial charge in [-0.05, 0) is 12.8 Å². The molecule has 1 aromatic rings. The Kier molecular flexibility index (Phi) is 4.61. The highest BCUT2D eigenvalue weighted by molar-refractivity contribution is 7.80. The summed E-state index contributed by atoms with van der Waals surface area (Å²) < 4.78 is 42.1. The number of nitrogens with one attached hydrogen (secondary N) is 2. The number of hydrogen-bond acceptors (Lipinski definition) is 9. The fourth-order valence-corrected chi connectivity index (χ4v) is 3.95. The first-order chi connectivity index (χ1) is 12.4. The van der Waals surface area contributed by atoms with Gasteiger partial charge in [-0.15, -0.1) is 0 Å². The van der Waals surface area contributed by atoms with E-state index >= 15 is 0 Å². The minimum Gasteiger partial charge on any atom is -0.724 e. The van der Waals surface area contributed by atoms with Gasteiger partial charge < -0.3 is 24.6 Å². The number of hydrogen-bond donors (Lipinski definition) is 2. The molecule has 4 rings (SSSR count). The highest BCUT2D eigenvalue weighted by Crippen LogP contribution is 2.38. The molecule has 0 spiro atoms. The van der Waals surface area contributed by atoms with Gasteiger partial charge in [0.1, 0.15) is 11.5 Å². The van der Waals surface area contributed by atoms with Crippen LogP contribution >= 0.6 is 0 Å². The maximum atomic E-state index is 12.4. The molecule has 4 heterocycles. The number of fused-ring (bicyclic) bond motifs is 2. The number of nitrogens with zero attached hydrogens (tertiary/aromatic N) is 3. The van der Waals surface area contributed by atoms with Crippen molar-refractivity contribution in [2.75, 3.05) is 26.2 Å². The number of carbonyl (C=O) groups excluding carboxylic acids is 1. The number of rotatable bonds is 7. The first-order valence-electron chi connectivity index (χ1n) is 8.55. The third-order valence-corrected chi connectivity index (χ3v) is 5.34. The van der Waals surface area contributed by atoms with Crippen molar-refractivity contribution in [3.05, 3.63) is 17.5 Å². The lowest BCUT2D eigenvalue weighted by atomic mass is 9.98. The van der Waals surface area contributed by atoms with Crippen LogP contribution in [0.25, 0.3) is 0 Å². The van der Waals surface area contributed by atoms with Gasteiger partial charge in [0.15, 0.2) is 0 Å². The first-order valence-corrected chi connectivity index (χ1v) is 9.89. The van der Waals surface area contributed by atoms with E-state index in [-0.39, 0.29) is 14.0 Å². The smallest absolute Gasteiger partial charge is 0.724 e. The summed E-state index contributed by atoms with van der Waals surface area (Å²) in [5.41, 5.74) is 0.629. The van der Waals surface area contributed by atoms with E-state index in [2.05, 4.69) is 20.1 Å². The van der Waals surface area contributed by atoms with E-state index in [4.69, 9.17) is 4.52 Å². The number of carbonyl (C=O) groups is 1. The Labute approximate surface area is 152 Å². The van der Waals surface area contributed by atoms with Gasteiger partial charge in [-0.2, -0.15) is 9.35 Å². The summed E-state index contributed by atoms with van der Waals surface area (Å²) in [7, 11) is -4.99. The van der Waals surface area contributed by atoms with Crippen molar-refractivity contribution in [3.63, 3.8) is 0 Å². The lowest BCUT2D eigenvalue weighted by Crippen LogP contribution is -2.55. The third kappa shape index (κ3) is 3.55. The monoisotopic (exact) mass is 387 g/mol. The highest BCUT2D eigenvalue weighted by atomic mass is 32.3. The summed E-state index contributed by atoms with van der Waals surface area (Å²) in [6.45, 7) is 3.01. The zero-order valence-electron chi connectivity index (χ0n) is 15.0. The van der Waals surface area contributed by atoms with Crippen LogP contribution in [0.4, 0.5) is 4.79 Å². The van der Waals surface area contributed by atoms with Crippen LogP contribution in [0.1, 0.15) is 31.8 Å². The lowest BCUT2D eigenvalue weighted by molar-refractivity contribution is -0.0328. The quantitative estimate of drug-likeness (QED) is 0.455. The molecular weight excluding hydrogens is 366 g/mol. The van der Waals surface area contributed by atoms with Gasteiger partial charge in [-0.1, -0.05) is 5.16 Å². The molecule has 3 saturated heterocycles. The van der Waals surface area contributed by atoms with Gasteiger partial charge in [0.2, 0.25) is 10.4 Å². The summed E-state index contributed by atoms with van der Waals surface area (Å²) in [4.78, 5) is 13.9. The van der Waals surface area contributed by atoms with Crippen LogP contribution in [-0.4, -0.2) is 72.4 Å². The molecule has 0 aromatic carbocycles. The Morgan fingerprint density at radius 3 is 2.96 bits per heavy atom. The second-order valence-electron chi connectivity index (χ2n) is 6.77. The molecule has 0 aliphatic carbocycles. The van der Waals surface area contributed by atoms with Crippen molar-refractivity contribution >= 4 is 16.4 Å². The fraction of sp³-hybridized carbons (Fsp3) is 0.714. The normalized spacial score (nSPS) is 26.4. The van der Waals surface area contributed by atoms with Crippen molar-refractivity contribution in [3.8, 4) is 0 Å². The molecule has 144 valence electrons. The summed E-state index contributed by atoms with van der Waals surface area (Å²) in [5, 5.41) is 11.3. The van der Waals surface area contributed by atoms with Crippen LogP contribution < -0.4 is 10.6 Å². The Balaban J connectivity index is 0.00000210. The van der Waals surface area contributed by atoms with Gasteiger partial charge >= 0.3 is 7.46 Å². The Bertz CT molecular complexity index is 785. The number of amides is 2. The highest BCUT2D eigenvalue weighted by Gasteiger charge is 2.47. The molecule has 0 saturated carbocycles.